The molecule has 10 heteroatoms. The molecule has 0 amide bonds. The first kappa shape index (κ1) is 23.6. The maximum absolute atomic E-state index is 11.9. The lowest BCUT2D eigenvalue weighted by molar-refractivity contribution is -0.145. The second kappa shape index (κ2) is 10.2. The largest absolute Gasteiger partial charge is 0.469 e. The molecule has 1 saturated heterocycles. The van der Waals surface area contributed by atoms with Gasteiger partial charge in [-0.2, -0.15) is 0 Å². The summed E-state index contributed by atoms with van der Waals surface area (Å²) in [6.45, 7) is 6.21. The number of hydrogen-bond donors (Lipinski definition) is 2. The number of esters is 1. The number of primary sulfonamides is 1. The number of ether oxygens (including phenoxy) is 1. The number of nitrogens with two attached hydrogens (primary N) is 1. The first-order valence-corrected chi connectivity index (χ1v) is 10.0. The van der Waals surface area contributed by atoms with Crippen LogP contribution in [0, 0.1) is 11.8 Å². The normalized spacial score (nSPS) is 20.1. The Morgan fingerprint density at radius 1 is 1.41 bits per heavy atom. The number of halogens is 1. The number of guanidine groups is 1. The summed E-state index contributed by atoms with van der Waals surface area (Å²) in [5.74, 6) is 0.454. The standard InChI is InChI=1S/C17H26N4O4S.HI/c1-4-19-17(21-10-12(2)15(11-21)16(22)25-3)20-9-13-6-5-7-14(8-13)26(18,23)24;/h5-8,12,15H,4,9-11H2,1-3H3,(H,19,20)(H2,18,23,24);1H. The zero-order chi connectivity index (χ0) is 19.3. The number of sulfonamides is 1. The van der Waals surface area contributed by atoms with Crippen molar-refractivity contribution in [1.82, 2.24) is 10.2 Å². The number of carbonyl (C=O) groups is 1. The number of benzene rings is 1. The van der Waals surface area contributed by atoms with Gasteiger partial charge in [0, 0.05) is 19.6 Å². The summed E-state index contributed by atoms with van der Waals surface area (Å²) in [6, 6.07) is 6.41. The van der Waals surface area contributed by atoms with E-state index in [-0.39, 0.29) is 46.7 Å². The van der Waals surface area contributed by atoms with Crippen LogP contribution in [0.1, 0.15) is 19.4 Å². The van der Waals surface area contributed by atoms with Crippen LogP contribution < -0.4 is 10.5 Å². The summed E-state index contributed by atoms with van der Waals surface area (Å²) in [6.07, 6.45) is 0. The first-order chi connectivity index (χ1) is 12.3. The van der Waals surface area contributed by atoms with Crippen molar-refractivity contribution in [2.24, 2.45) is 22.0 Å². The van der Waals surface area contributed by atoms with Crippen molar-refractivity contribution >= 4 is 45.9 Å². The Balaban J connectivity index is 0.00000364. The quantitative estimate of drug-likeness (QED) is 0.266. The van der Waals surface area contributed by atoms with Crippen LogP contribution in [0.5, 0.6) is 0 Å². The van der Waals surface area contributed by atoms with E-state index in [1.54, 1.807) is 12.1 Å². The fraction of sp³-hybridized carbons (Fsp3) is 0.529. The minimum absolute atomic E-state index is 0. The minimum atomic E-state index is -3.74. The molecule has 1 aromatic rings. The Morgan fingerprint density at radius 3 is 2.70 bits per heavy atom. The van der Waals surface area contributed by atoms with Gasteiger partial charge in [0.05, 0.1) is 24.5 Å². The van der Waals surface area contributed by atoms with Gasteiger partial charge in [-0.3, -0.25) is 4.79 Å². The van der Waals surface area contributed by atoms with Gasteiger partial charge in [0.2, 0.25) is 10.0 Å². The highest BCUT2D eigenvalue weighted by Crippen LogP contribution is 2.24. The molecule has 1 aliphatic rings. The highest BCUT2D eigenvalue weighted by atomic mass is 127. The molecule has 1 aromatic carbocycles. The zero-order valence-electron chi connectivity index (χ0n) is 15.7. The Kier molecular flexibility index (Phi) is 8.95. The Labute approximate surface area is 177 Å². The molecule has 1 fully saturated rings. The minimum Gasteiger partial charge on any atom is -0.469 e. The summed E-state index contributed by atoms with van der Waals surface area (Å²) in [5.41, 5.74) is 0.740. The predicted molar refractivity (Wildman–Crippen MR) is 114 cm³/mol. The fourth-order valence-electron chi connectivity index (χ4n) is 3.01. The number of nitrogens with zero attached hydrogens (tertiary/aromatic N) is 2. The molecular formula is C17H27IN4O4S. The summed E-state index contributed by atoms with van der Waals surface area (Å²) in [5, 5.41) is 8.39. The third kappa shape index (κ3) is 6.32. The SMILES string of the molecule is CCNC(=NCc1cccc(S(N)(=O)=O)c1)N1CC(C)C(C(=O)OC)C1.I. The molecular weight excluding hydrogens is 483 g/mol. The molecule has 27 heavy (non-hydrogen) atoms. The van der Waals surface area contributed by atoms with E-state index in [0.29, 0.717) is 32.1 Å². The predicted octanol–water partition coefficient (Wildman–Crippen LogP) is 1.16. The Bertz CT molecular complexity index is 785. The number of methoxy groups -OCH3 is 1. The summed E-state index contributed by atoms with van der Waals surface area (Å²) in [4.78, 5) is 18.6. The summed E-state index contributed by atoms with van der Waals surface area (Å²) < 4.78 is 27.8. The lowest BCUT2D eigenvalue weighted by Crippen LogP contribution is -2.40. The van der Waals surface area contributed by atoms with E-state index in [2.05, 4.69) is 10.3 Å². The van der Waals surface area contributed by atoms with Gasteiger partial charge in [0.15, 0.2) is 5.96 Å². The van der Waals surface area contributed by atoms with E-state index in [0.717, 1.165) is 5.56 Å². The Hall–Kier alpha value is -1.40. The number of rotatable bonds is 5. The van der Waals surface area contributed by atoms with Gasteiger partial charge in [-0.1, -0.05) is 19.1 Å². The molecule has 8 nitrogen and oxygen atoms in total. The van der Waals surface area contributed by atoms with E-state index in [1.165, 1.54) is 19.2 Å². The van der Waals surface area contributed by atoms with Gasteiger partial charge in [0.25, 0.3) is 0 Å². The first-order valence-electron chi connectivity index (χ1n) is 8.49. The zero-order valence-corrected chi connectivity index (χ0v) is 18.9. The molecule has 2 rings (SSSR count). The second-order valence-electron chi connectivity index (χ2n) is 6.37. The van der Waals surface area contributed by atoms with Crippen molar-refractivity contribution < 1.29 is 17.9 Å². The average molecular weight is 510 g/mol. The summed E-state index contributed by atoms with van der Waals surface area (Å²) in [7, 11) is -2.34. The molecule has 0 spiro atoms. The van der Waals surface area contributed by atoms with Crippen LogP contribution in [0.4, 0.5) is 0 Å². The molecule has 2 atom stereocenters. The van der Waals surface area contributed by atoms with Crippen molar-refractivity contribution in [3.8, 4) is 0 Å². The van der Waals surface area contributed by atoms with Crippen LogP contribution in [-0.2, 0) is 26.1 Å². The van der Waals surface area contributed by atoms with E-state index in [1.807, 2.05) is 18.7 Å². The maximum atomic E-state index is 11.9. The fourth-order valence-corrected chi connectivity index (χ4v) is 3.59. The lowest BCUT2D eigenvalue weighted by atomic mass is 9.99. The number of nitrogens with one attached hydrogen (secondary N) is 1. The molecule has 0 bridgehead atoms. The number of hydrogen-bond acceptors (Lipinski definition) is 5. The van der Waals surface area contributed by atoms with Crippen LogP contribution >= 0.6 is 24.0 Å². The second-order valence-corrected chi connectivity index (χ2v) is 7.94. The van der Waals surface area contributed by atoms with Gasteiger partial charge >= 0.3 is 5.97 Å². The van der Waals surface area contributed by atoms with Gasteiger partial charge in [0.1, 0.15) is 0 Å². The van der Waals surface area contributed by atoms with E-state index >= 15 is 0 Å². The smallest absolute Gasteiger partial charge is 0.310 e. The van der Waals surface area contributed by atoms with Crippen LogP contribution in [0.15, 0.2) is 34.2 Å². The topological polar surface area (TPSA) is 114 Å². The highest BCUT2D eigenvalue weighted by molar-refractivity contribution is 14.0. The van der Waals surface area contributed by atoms with Crippen molar-refractivity contribution in [3.63, 3.8) is 0 Å². The molecule has 1 aliphatic heterocycles. The monoisotopic (exact) mass is 510 g/mol. The van der Waals surface area contributed by atoms with Crippen molar-refractivity contribution in [1.29, 1.82) is 0 Å². The third-order valence-corrected chi connectivity index (χ3v) is 5.30. The molecule has 3 N–H and O–H groups in total. The van der Waals surface area contributed by atoms with Gasteiger partial charge in [-0.15, -0.1) is 24.0 Å². The maximum Gasteiger partial charge on any atom is 0.310 e. The van der Waals surface area contributed by atoms with Gasteiger partial charge in [-0.25, -0.2) is 18.5 Å². The molecule has 1 heterocycles. The molecule has 2 unspecified atom stereocenters. The van der Waals surface area contributed by atoms with Gasteiger partial charge < -0.3 is 15.0 Å². The molecule has 0 aromatic heterocycles. The van der Waals surface area contributed by atoms with E-state index < -0.39 is 10.0 Å². The molecule has 152 valence electrons. The van der Waals surface area contributed by atoms with Crippen molar-refractivity contribution in [2.45, 2.75) is 25.3 Å². The summed E-state index contributed by atoms with van der Waals surface area (Å²) >= 11 is 0. The van der Waals surface area contributed by atoms with Crippen LogP contribution in [0.25, 0.3) is 0 Å². The van der Waals surface area contributed by atoms with E-state index in [9.17, 15) is 13.2 Å². The Morgan fingerprint density at radius 2 is 2.11 bits per heavy atom. The van der Waals surface area contributed by atoms with Crippen molar-refractivity contribution in [3.05, 3.63) is 29.8 Å². The van der Waals surface area contributed by atoms with E-state index in [4.69, 9.17) is 9.88 Å². The average Bonchev–Trinajstić information content (AvgIpc) is 2.99. The van der Waals surface area contributed by atoms with Crippen LogP contribution in [-0.4, -0.2) is 52.0 Å². The number of likely N-dealkylation sites (tertiary alicyclic amines) is 1. The van der Waals surface area contributed by atoms with Gasteiger partial charge in [-0.05, 0) is 30.5 Å². The molecule has 0 radical (unpaired) electrons. The third-order valence-electron chi connectivity index (χ3n) is 4.39. The number of aliphatic imine (C=N–C) groups is 1. The van der Waals surface area contributed by atoms with Crippen LogP contribution in [0.3, 0.4) is 0 Å². The molecule has 0 saturated carbocycles. The number of carbonyl (C=O) groups excluding carboxylic acids is 1. The molecule has 0 aliphatic carbocycles. The highest BCUT2D eigenvalue weighted by Gasteiger charge is 2.36. The lowest BCUT2D eigenvalue weighted by Gasteiger charge is -2.21. The van der Waals surface area contributed by atoms with Crippen molar-refractivity contribution in [2.75, 3.05) is 26.7 Å². The van der Waals surface area contributed by atoms with Crippen LogP contribution in [0.2, 0.25) is 0 Å².